The SMILES string of the molecule is NC(=O)Nc1ccn(CCCC(N)CCCO)c(=O)n1. The lowest BCUT2D eigenvalue weighted by atomic mass is 10.1. The Balaban J connectivity index is 2.44. The van der Waals surface area contributed by atoms with Gasteiger partial charge in [0.1, 0.15) is 5.82 Å². The third-order valence-electron chi connectivity index (χ3n) is 2.83. The Morgan fingerprint density at radius 2 is 2.15 bits per heavy atom. The van der Waals surface area contributed by atoms with Gasteiger partial charge in [-0.2, -0.15) is 4.98 Å². The molecule has 20 heavy (non-hydrogen) atoms. The number of urea groups is 1. The predicted molar refractivity (Wildman–Crippen MR) is 75.2 cm³/mol. The summed E-state index contributed by atoms with van der Waals surface area (Å²) in [4.78, 5) is 26.0. The number of nitrogens with one attached hydrogen (secondary N) is 1. The van der Waals surface area contributed by atoms with E-state index in [-0.39, 0.29) is 18.5 Å². The summed E-state index contributed by atoms with van der Waals surface area (Å²) < 4.78 is 1.45. The number of aliphatic hydroxyl groups is 1. The maximum atomic E-state index is 11.7. The summed E-state index contributed by atoms with van der Waals surface area (Å²) in [6, 6.07) is 0.781. The Kier molecular flexibility index (Phi) is 6.68. The second kappa shape index (κ2) is 8.28. The largest absolute Gasteiger partial charge is 0.396 e. The van der Waals surface area contributed by atoms with E-state index in [0.29, 0.717) is 13.0 Å². The molecule has 112 valence electrons. The highest BCUT2D eigenvalue weighted by Gasteiger charge is 2.04. The normalized spacial score (nSPS) is 12.1. The summed E-state index contributed by atoms with van der Waals surface area (Å²) in [5, 5.41) is 10.9. The van der Waals surface area contributed by atoms with Crippen molar-refractivity contribution in [2.24, 2.45) is 11.5 Å². The molecular weight excluding hydrogens is 262 g/mol. The molecule has 0 aromatic carbocycles. The van der Waals surface area contributed by atoms with Crippen LogP contribution in [0.4, 0.5) is 10.6 Å². The minimum absolute atomic E-state index is 0.0293. The Labute approximate surface area is 116 Å². The van der Waals surface area contributed by atoms with Gasteiger partial charge in [-0.1, -0.05) is 0 Å². The highest BCUT2D eigenvalue weighted by Crippen LogP contribution is 2.04. The zero-order valence-corrected chi connectivity index (χ0v) is 11.3. The number of amides is 2. The van der Waals surface area contributed by atoms with Crippen LogP contribution < -0.4 is 22.5 Å². The third-order valence-corrected chi connectivity index (χ3v) is 2.83. The molecule has 8 nitrogen and oxygen atoms in total. The van der Waals surface area contributed by atoms with Crippen molar-refractivity contribution in [2.45, 2.75) is 38.3 Å². The molecular formula is C12H21N5O3. The summed E-state index contributed by atoms with van der Waals surface area (Å²) in [6.45, 7) is 0.654. The van der Waals surface area contributed by atoms with E-state index in [2.05, 4.69) is 10.3 Å². The van der Waals surface area contributed by atoms with Crippen molar-refractivity contribution < 1.29 is 9.90 Å². The Morgan fingerprint density at radius 1 is 1.45 bits per heavy atom. The number of carbonyl (C=O) groups is 1. The summed E-state index contributed by atoms with van der Waals surface area (Å²) >= 11 is 0. The molecule has 1 heterocycles. The molecule has 0 bridgehead atoms. The van der Waals surface area contributed by atoms with Crippen LogP contribution in [0.3, 0.4) is 0 Å². The van der Waals surface area contributed by atoms with Crippen LogP contribution in [0.1, 0.15) is 25.7 Å². The first-order chi connectivity index (χ1) is 9.52. The molecule has 0 fully saturated rings. The third kappa shape index (κ3) is 5.81. The van der Waals surface area contributed by atoms with Gasteiger partial charge in [-0.25, -0.2) is 9.59 Å². The fourth-order valence-corrected chi connectivity index (χ4v) is 1.82. The van der Waals surface area contributed by atoms with Gasteiger partial charge in [0.2, 0.25) is 0 Å². The average Bonchev–Trinajstić information content (AvgIpc) is 2.38. The lowest BCUT2D eigenvalue weighted by Crippen LogP contribution is -2.27. The average molecular weight is 283 g/mol. The van der Waals surface area contributed by atoms with Crippen molar-refractivity contribution >= 4 is 11.8 Å². The number of hydrogen-bond donors (Lipinski definition) is 4. The van der Waals surface area contributed by atoms with Crippen molar-refractivity contribution in [3.8, 4) is 0 Å². The number of anilines is 1. The quantitative estimate of drug-likeness (QED) is 0.515. The zero-order chi connectivity index (χ0) is 15.0. The standard InChI is InChI=1S/C12H21N5O3/c13-9(4-2-8-18)3-1-6-17-7-5-10(15-11(14)19)16-12(17)20/h5,7,9,18H,1-4,6,8,13H2,(H3,14,15,16,19,20). The molecule has 8 heteroatoms. The lowest BCUT2D eigenvalue weighted by Gasteiger charge is -2.11. The van der Waals surface area contributed by atoms with E-state index >= 15 is 0 Å². The van der Waals surface area contributed by atoms with Crippen LogP contribution in [0.2, 0.25) is 0 Å². The molecule has 0 radical (unpaired) electrons. The van der Waals surface area contributed by atoms with Gasteiger partial charge in [0, 0.05) is 25.4 Å². The van der Waals surface area contributed by atoms with E-state index in [4.69, 9.17) is 16.6 Å². The Bertz CT molecular complexity index is 488. The van der Waals surface area contributed by atoms with Gasteiger partial charge >= 0.3 is 11.7 Å². The first-order valence-electron chi connectivity index (χ1n) is 6.53. The molecule has 1 unspecified atom stereocenters. The number of nitrogens with zero attached hydrogens (tertiary/aromatic N) is 2. The van der Waals surface area contributed by atoms with E-state index in [0.717, 1.165) is 19.3 Å². The summed E-state index contributed by atoms with van der Waals surface area (Å²) in [5.74, 6) is 0.137. The van der Waals surface area contributed by atoms with Gasteiger partial charge in [0.25, 0.3) is 0 Å². The molecule has 1 aromatic heterocycles. The number of carbonyl (C=O) groups excluding carboxylic acids is 1. The summed E-state index contributed by atoms with van der Waals surface area (Å²) in [6.07, 6.45) is 4.53. The van der Waals surface area contributed by atoms with Crippen LogP contribution in [0, 0.1) is 0 Å². The number of rotatable bonds is 8. The van der Waals surface area contributed by atoms with E-state index in [1.165, 1.54) is 10.6 Å². The molecule has 1 rings (SSSR count). The minimum atomic E-state index is -0.760. The topological polar surface area (TPSA) is 136 Å². The van der Waals surface area contributed by atoms with Crippen LogP contribution in [-0.2, 0) is 6.54 Å². The van der Waals surface area contributed by atoms with Crippen LogP contribution in [0.15, 0.2) is 17.1 Å². The molecule has 6 N–H and O–H groups in total. The van der Waals surface area contributed by atoms with Crippen LogP contribution in [-0.4, -0.2) is 33.3 Å². The van der Waals surface area contributed by atoms with Gasteiger partial charge in [0.05, 0.1) is 0 Å². The number of nitrogens with two attached hydrogens (primary N) is 2. The van der Waals surface area contributed by atoms with Gasteiger partial charge in [-0.15, -0.1) is 0 Å². The fourth-order valence-electron chi connectivity index (χ4n) is 1.82. The second-order valence-corrected chi connectivity index (χ2v) is 4.55. The summed E-state index contributed by atoms with van der Waals surface area (Å²) in [7, 11) is 0. The maximum Gasteiger partial charge on any atom is 0.349 e. The highest BCUT2D eigenvalue weighted by molar-refractivity contribution is 5.86. The van der Waals surface area contributed by atoms with Gasteiger partial charge in [-0.05, 0) is 31.7 Å². The number of aryl methyl sites for hydroxylation is 1. The van der Waals surface area contributed by atoms with Crippen molar-refractivity contribution in [2.75, 3.05) is 11.9 Å². The molecule has 1 atom stereocenters. The smallest absolute Gasteiger partial charge is 0.349 e. The van der Waals surface area contributed by atoms with E-state index < -0.39 is 11.7 Å². The zero-order valence-electron chi connectivity index (χ0n) is 11.3. The van der Waals surface area contributed by atoms with Gasteiger partial charge in [0.15, 0.2) is 0 Å². The molecule has 0 spiro atoms. The van der Waals surface area contributed by atoms with Crippen LogP contribution >= 0.6 is 0 Å². The maximum absolute atomic E-state index is 11.7. The van der Waals surface area contributed by atoms with Crippen molar-refractivity contribution in [3.05, 3.63) is 22.7 Å². The number of aliphatic hydroxyl groups excluding tert-OH is 1. The molecule has 1 aromatic rings. The molecule has 2 amide bonds. The summed E-state index contributed by atoms with van der Waals surface area (Å²) in [5.41, 5.74) is 10.4. The van der Waals surface area contributed by atoms with Gasteiger partial charge < -0.3 is 16.6 Å². The molecule has 0 saturated heterocycles. The number of hydrogen-bond acceptors (Lipinski definition) is 5. The first kappa shape index (κ1) is 16.1. The van der Waals surface area contributed by atoms with Crippen molar-refractivity contribution in [1.82, 2.24) is 9.55 Å². The number of aromatic nitrogens is 2. The minimum Gasteiger partial charge on any atom is -0.396 e. The second-order valence-electron chi connectivity index (χ2n) is 4.55. The molecule has 0 aliphatic carbocycles. The number of primary amides is 1. The Hall–Kier alpha value is -1.93. The monoisotopic (exact) mass is 283 g/mol. The first-order valence-corrected chi connectivity index (χ1v) is 6.53. The van der Waals surface area contributed by atoms with E-state index in [9.17, 15) is 9.59 Å². The molecule has 0 saturated carbocycles. The van der Waals surface area contributed by atoms with Gasteiger partial charge in [-0.3, -0.25) is 9.88 Å². The highest BCUT2D eigenvalue weighted by atomic mass is 16.3. The van der Waals surface area contributed by atoms with Crippen LogP contribution in [0.5, 0.6) is 0 Å². The fraction of sp³-hybridized carbons (Fsp3) is 0.583. The predicted octanol–water partition coefficient (Wildman–Crippen LogP) is -0.386. The molecule has 0 aliphatic rings. The van der Waals surface area contributed by atoms with E-state index in [1.807, 2.05) is 0 Å². The van der Waals surface area contributed by atoms with Crippen LogP contribution in [0.25, 0.3) is 0 Å². The van der Waals surface area contributed by atoms with E-state index in [1.54, 1.807) is 6.20 Å². The van der Waals surface area contributed by atoms with Crippen molar-refractivity contribution in [1.29, 1.82) is 0 Å². The Morgan fingerprint density at radius 3 is 2.75 bits per heavy atom. The molecule has 0 aliphatic heterocycles. The van der Waals surface area contributed by atoms with Crippen molar-refractivity contribution in [3.63, 3.8) is 0 Å². The lowest BCUT2D eigenvalue weighted by molar-refractivity contribution is 0.259.